The zero-order valence-corrected chi connectivity index (χ0v) is 10.0. The van der Waals surface area contributed by atoms with Crippen molar-refractivity contribution in [2.75, 3.05) is 0 Å². The van der Waals surface area contributed by atoms with Gasteiger partial charge in [0.2, 0.25) is 0 Å². The first-order valence-corrected chi connectivity index (χ1v) is 5.71. The summed E-state index contributed by atoms with van der Waals surface area (Å²) in [7, 11) is 0. The van der Waals surface area contributed by atoms with Gasteiger partial charge in [0.25, 0.3) is 0 Å². The molecule has 1 heterocycles. The highest BCUT2D eigenvalue weighted by Gasteiger charge is 2.21. The van der Waals surface area contributed by atoms with Crippen molar-refractivity contribution in [2.24, 2.45) is 5.92 Å². The maximum Gasteiger partial charge on any atom is 0.307 e. The molecule has 5 nitrogen and oxygen atoms in total. The molecule has 2 rings (SSSR count). The Morgan fingerprint density at radius 3 is 2.56 bits per heavy atom. The second-order valence-electron chi connectivity index (χ2n) is 4.23. The maximum absolute atomic E-state index is 11.3. The van der Waals surface area contributed by atoms with E-state index >= 15 is 0 Å². The van der Waals surface area contributed by atoms with Gasteiger partial charge in [0.05, 0.1) is 5.92 Å². The molecular formula is C13H14N2O3. The molecule has 0 fully saturated rings. The minimum atomic E-state index is -0.832. The van der Waals surface area contributed by atoms with Crippen LogP contribution in [-0.4, -0.2) is 21.4 Å². The van der Waals surface area contributed by atoms with E-state index in [1.807, 2.05) is 30.3 Å². The number of rotatable bonds is 5. The van der Waals surface area contributed by atoms with Crippen LogP contribution in [0.4, 0.5) is 0 Å². The minimum Gasteiger partial charge on any atom is -0.481 e. The lowest BCUT2D eigenvalue weighted by molar-refractivity contribution is -0.141. The van der Waals surface area contributed by atoms with E-state index in [0.717, 1.165) is 5.56 Å². The van der Waals surface area contributed by atoms with E-state index in [0.29, 0.717) is 24.2 Å². The highest BCUT2D eigenvalue weighted by Crippen LogP contribution is 2.15. The molecule has 0 aliphatic carbocycles. The van der Waals surface area contributed by atoms with Crippen molar-refractivity contribution in [2.45, 2.75) is 19.8 Å². The summed E-state index contributed by atoms with van der Waals surface area (Å²) in [5.74, 6) is -1.35. The first-order valence-electron chi connectivity index (χ1n) is 5.71. The first kappa shape index (κ1) is 12.3. The minimum absolute atomic E-state index is 0.333. The Kier molecular flexibility index (Phi) is 3.72. The van der Waals surface area contributed by atoms with Gasteiger partial charge in [-0.1, -0.05) is 40.6 Å². The van der Waals surface area contributed by atoms with Crippen molar-refractivity contribution in [3.05, 3.63) is 47.3 Å². The van der Waals surface area contributed by atoms with Crippen LogP contribution in [-0.2, 0) is 17.6 Å². The molecule has 0 saturated heterocycles. The lowest BCUT2D eigenvalue weighted by Gasteiger charge is -2.10. The Hall–Kier alpha value is -2.17. The average molecular weight is 246 g/mol. The fourth-order valence-electron chi connectivity index (χ4n) is 1.81. The van der Waals surface area contributed by atoms with Crippen LogP contribution in [0.3, 0.4) is 0 Å². The number of aryl methyl sites for hydroxylation is 1. The van der Waals surface area contributed by atoms with Crippen molar-refractivity contribution in [3.63, 3.8) is 0 Å². The highest BCUT2D eigenvalue weighted by molar-refractivity contribution is 5.70. The Morgan fingerprint density at radius 1 is 1.28 bits per heavy atom. The molecule has 5 heteroatoms. The van der Waals surface area contributed by atoms with Crippen LogP contribution < -0.4 is 0 Å². The van der Waals surface area contributed by atoms with Gasteiger partial charge in [-0.05, 0) is 18.9 Å². The average Bonchev–Trinajstić information content (AvgIpc) is 2.75. The summed E-state index contributed by atoms with van der Waals surface area (Å²) in [6.07, 6.45) is 0.808. The summed E-state index contributed by atoms with van der Waals surface area (Å²) >= 11 is 0. The van der Waals surface area contributed by atoms with Gasteiger partial charge in [0.15, 0.2) is 0 Å². The summed E-state index contributed by atoms with van der Waals surface area (Å²) in [6, 6.07) is 9.55. The smallest absolute Gasteiger partial charge is 0.307 e. The van der Waals surface area contributed by atoms with Crippen molar-refractivity contribution < 1.29 is 14.5 Å². The van der Waals surface area contributed by atoms with Gasteiger partial charge in [-0.2, -0.15) is 0 Å². The summed E-state index contributed by atoms with van der Waals surface area (Å²) < 4.78 is 4.58. The Labute approximate surface area is 104 Å². The van der Waals surface area contributed by atoms with Crippen LogP contribution in [0.5, 0.6) is 0 Å². The van der Waals surface area contributed by atoms with E-state index in [2.05, 4.69) is 14.9 Å². The molecule has 0 amide bonds. The van der Waals surface area contributed by atoms with Crippen LogP contribution in [0, 0.1) is 12.8 Å². The van der Waals surface area contributed by atoms with E-state index in [1.165, 1.54) is 0 Å². The third kappa shape index (κ3) is 2.94. The Balaban J connectivity index is 2.10. The molecule has 1 aromatic carbocycles. The van der Waals surface area contributed by atoms with Crippen molar-refractivity contribution in [1.29, 1.82) is 0 Å². The lowest BCUT2D eigenvalue weighted by atomic mass is 9.94. The van der Waals surface area contributed by atoms with Gasteiger partial charge >= 0.3 is 5.97 Å². The quantitative estimate of drug-likeness (QED) is 0.871. The molecular weight excluding hydrogens is 232 g/mol. The normalized spacial score (nSPS) is 12.3. The summed E-state index contributed by atoms with van der Waals surface area (Å²) in [6.45, 7) is 1.76. The number of nitrogens with zero attached hydrogens (tertiary/aromatic N) is 2. The first-order chi connectivity index (χ1) is 8.66. The number of aromatic nitrogens is 2. The van der Waals surface area contributed by atoms with Crippen molar-refractivity contribution >= 4 is 5.97 Å². The number of hydrogen-bond acceptors (Lipinski definition) is 4. The number of hydrogen-bond donors (Lipinski definition) is 1. The molecule has 1 unspecified atom stereocenters. The molecule has 1 atom stereocenters. The zero-order valence-electron chi connectivity index (χ0n) is 10.0. The van der Waals surface area contributed by atoms with Crippen molar-refractivity contribution in [1.82, 2.24) is 10.3 Å². The SMILES string of the molecule is Cc1nonc1CC(Cc1ccccc1)C(=O)O. The van der Waals surface area contributed by atoms with Gasteiger partial charge in [0.1, 0.15) is 11.4 Å². The van der Waals surface area contributed by atoms with Gasteiger partial charge in [-0.25, -0.2) is 4.63 Å². The van der Waals surface area contributed by atoms with Gasteiger partial charge in [-0.15, -0.1) is 0 Å². The predicted octanol–water partition coefficient (Wildman–Crippen LogP) is 1.86. The lowest BCUT2D eigenvalue weighted by Crippen LogP contribution is -2.19. The molecule has 1 aromatic heterocycles. The molecule has 2 aromatic rings. The summed E-state index contributed by atoms with van der Waals surface area (Å²) in [5.41, 5.74) is 2.26. The molecule has 94 valence electrons. The van der Waals surface area contributed by atoms with Gasteiger partial charge < -0.3 is 5.11 Å². The van der Waals surface area contributed by atoms with E-state index in [4.69, 9.17) is 0 Å². The third-order valence-electron chi connectivity index (χ3n) is 2.86. The molecule has 0 spiro atoms. The molecule has 1 N–H and O–H groups in total. The summed E-state index contributed by atoms with van der Waals surface area (Å²) in [4.78, 5) is 11.3. The second-order valence-corrected chi connectivity index (χ2v) is 4.23. The maximum atomic E-state index is 11.3. The second kappa shape index (κ2) is 5.44. The molecule has 0 aliphatic rings. The van der Waals surface area contributed by atoms with Gasteiger partial charge in [0, 0.05) is 6.42 Å². The van der Waals surface area contributed by atoms with E-state index in [9.17, 15) is 9.90 Å². The fraction of sp³-hybridized carbons (Fsp3) is 0.308. The topological polar surface area (TPSA) is 76.2 Å². The van der Waals surface area contributed by atoms with Crippen LogP contribution in [0.15, 0.2) is 35.0 Å². The van der Waals surface area contributed by atoms with Crippen LogP contribution in [0.1, 0.15) is 17.0 Å². The standard InChI is InChI=1S/C13H14N2O3/c1-9-12(15-18-14-9)8-11(13(16)17)7-10-5-3-2-4-6-10/h2-6,11H,7-8H2,1H3,(H,16,17). The molecule has 0 saturated carbocycles. The molecule has 0 radical (unpaired) electrons. The van der Waals surface area contributed by atoms with E-state index < -0.39 is 11.9 Å². The zero-order chi connectivity index (χ0) is 13.0. The van der Waals surface area contributed by atoms with Gasteiger partial charge in [-0.3, -0.25) is 4.79 Å². The number of benzene rings is 1. The monoisotopic (exact) mass is 246 g/mol. The van der Waals surface area contributed by atoms with E-state index in [1.54, 1.807) is 6.92 Å². The largest absolute Gasteiger partial charge is 0.481 e. The Morgan fingerprint density at radius 2 is 2.00 bits per heavy atom. The number of carboxylic acid groups (broad SMARTS) is 1. The van der Waals surface area contributed by atoms with Crippen LogP contribution in [0.25, 0.3) is 0 Å². The number of carboxylic acids is 1. The Bertz CT molecular complexity index is 522. The van der Waals surface area contributed by atoms with Crippen LogP contribution >= 0.6 is 0 Å². The highest BCUT2D eigenvalue weighted by atomic mass is 16.6. The number of aliphatic carboxylic acids is 1. The third-order valence-corrected chi connectivity index (χ3v) is 2.86. The summed E-state index contributed by atoms with van der Waals surface area (Å²) in [5, 5.41) is 16.6. The predicted molar refractivity (Wildman–Crippen MR) is 64.0 cm³/mol. The molecule has 18 heavy (non-hydrogen) atoms. The number of carbonyl (C=O) groups is 1. The fourth-order valence-corrected chi connectivity index (χ4v) is 1.81. The van der Waals surface area contributed by atoms with Crippen LogP contribution in [0.2, 0.25) is 0 Å². The molecule has 0 bridgehead atoms. The van der Waals surface area contributed by atoms with Crippen molar-refractivity contribution in [3.8, 4) is 0 Å². The molecule has 0 aliphatic heterocycles. The van der Waals surface area contributed by atoms with E-state index in [-0.39, 0.29) is 0 Å².